The lowest BCUT2D eigenvalue weighted by molar-refractivity contribution is -0.126. The Kier molecular flexibility index (Phi) is 35.8. The smallest absolute Gasteiger partial charge is 0.220 e. The van der Waals surface area contributed by atoms with Crippen LogP contribution in [0.1, 0.15) is 231 Å². The van der Waals surface area contributed by atoms with Gasteiger partial charge in [-0.3, -0.25) is 9.59 Å². The third kappa shape index (κ3) is 37.3. The molecule has 0 radical (unpaired) electrons. The van der Waals surface area contributed by atoms with Gasteiger partial charge in [0.25, 0.3) is 0 Å². The molecule has 0 fully saturated rings. The summed E-state index contributed by atoms with van der Waals surface area (Å²) in [6.45, 7) is 0. The quantitative estimate of drug-likeness (QED) is 0.0389. The number of nitrogens with two attached hydrogens (primary N) is 2. The Morgan fingerprint density at radius 1 is 0.370 bits per heavy atom. The second-order valence-electron chi connectivity index (χ2n) is 14.5. The molecule has 1 unspecified atom stereocenters. The third-order valence-electron chi connectivity index (χ3n) is 9.87. The van der Waals surface area contributed by atoms with Gasteiger partial charge in [0, 0.05) is 18.8 Å². The first-order valence-corrected chi connectivity index (χ1v) is 20.4. The predicted molar refractivity (Wildman–Crippen MR) is 196 cm³/mol. The molecular weight excluding hydrogens is 572 g/mol. The lowest BCUT2D eigenvalue weighted by Crippen LogP contribution is -2.27. The van der Waals surface area contributed by atoms with Gasteiger partial charge in [-0.25, -0.2) is 0 Å². The van der Waals surface area contributed by atoms with E-state index in [0.29, 0.717) is 12.8 Å². The second kappa shape index (κ2) is 36.7. The average Bonchev–Trinajstić information content (AvgIpc) is 3.02. The highest BCUT2D eigenvalue weighted by Crippen LogP contribution is 2.19. The number of hydrogen-bond donors (Lipinski definition) is 4. The molecule has 0 saturated heterocycles. The maximum absolute atomic E-state index is 11.3. The predicted octanol–water partition coefficient (Wildman–Crippen LogP) is 10.9. The number of aliphatic hydroxyl groups excluding tert-OH is 1. The molecule has 6 nitrogen and oxygen atoms in total. The normalized spacial score (nSPS) is 12.2. The summed E-state index contributed by atoms with van der Waals surface area (Å²) in [5, 5.41) is 18.1. The molecule has 0 rings (SSSR count). The van der Waals surface area contributed by atoms with Crippen LogP contribution in [0.25, 0.3) is 0 Å². The highest BCUT2D eigenvalue weighted by atomic mass is 16.5. The zero-order valence-electron chi connectivity index (χ0n) is 30.5. The minimum absolute atomic E-state index is 0.0594. The topological polar surface area (TPSA) is 127 Å². The zero-order chi connectivity index (χ0) is 33.8. The number of primary amides is 2. The number of carbonyl (C=O) groups excluding carboxylic acids is 2. The fraction of sp³-hybridized carbons (Fsp3) is 0.950. The summed E-state index contributed by atoms with van der Waals surface area (Å²) in [4.78, 5) is 22.1. The number of unbranched alkanes of at least 4 members (excludes halogenated alkanes) is 32. The van der Waals surface area contributed by atoms with Gasteiger partial charge < -0.3 is 21.7 Å². The first-order chi connectivity index (χ1) is 22.4. The summed E-state index contributed by atoms with van der Waals surface area (Å²) >= 11 is 0. The van der Waals surface area contributed by atoms with Crippen molar-refractivity contribution in [2.75, 3.05) is 0 Å². The fourth-order valence-corrected chi connectivity index (χ4v) is 6.80. The van der Waals surface area contributed by atoms with Crippen molar-refractivity contribution in [1.29, 1.82) is 0 Å². The van der Waals surface area contributed by atoms with Gasteiger partial charge in [-0.2, -0.15) is 0 Å². The van der Waals surface area contributed by atoms with Crippen molar-refractivity contribution in [2.24, 2.45) is 17.4 Å². The SMILES string of the molecule is NC(=O)CCCCCCCCCCCCCCCCCCCCCCCCCCCCCCCCCCCC(CC(O)O)C(N)=O. The van der Waals surface area contributed by atoms with Crippen LogP contribution in [0, 0.1) is 5.92 Å². The van der Waals surface area contributed by atoms with Crippen LogP contribution < -0.4 is 11.5 Å². The Morgan fingerprint density at radius 2 is 0.587 bits per heavy atom. The summed E-state index contributed by atoms with van der Waals surface area (Å²) in [6, 6.07) is 0. The Hall–Kier alpha value is -1.14. The maximum Gasteiger partial charge on any atom is 0.220 e. The van der Waals surface area contributed by atoms with Crippen LogP contribution in [-0.4, -0.2) is 28.3 Å². The van der Waals surface area contributed by atoms with Gasteiger partial charge in [0.15, 0.2) is 6.29 Å². The van der Waals surface area contributed by atoms with E-state index in [1.165, 1.54) is 186 Å². The van der Waals surface area contributed by atoms with Gasteiger partial charge in [-0.1, -0.05) is 205 Å². The minimum atomic E-state index is -1.44. The second-order valence-corrected chi connectivity index (χ2v) is 14.5. The van der Waals surface area contributed by atoms with Gasteiger partial charge in [-0.05, 0) is 12.8 Å². The molecule has 0 spiro atoms. The molecule has 6 heteroatoms. The summed E-state index contributed by atoms with van der Waals surface area (Å²) < 4.78 is 0. The van der Waals surface area contributed by atoms with E-state index in [4.69, 9.17) is 21.7 Å². The van der Waals surface area contributed by atoms with Crippen LogP contribution in [-0.2, 0) is 9.59 Å². The molecule has 46 heavy (non-hydrogen) atoms. The highest BCUT2D eigenvalue weighted by molar-refractivity contribution is 5.76. The molecule has 0 bridgehead atoms. The van der Waals surface area contributed by atoms with Crippen molar-refractivity contribution in [3.63, 3.8) is 0 Å². The Labute approximate surface area is 286 Å². The van der Waals surface area contributed by atoms with Crippen LogP contribution in [0.4, 0.5) is 0 Å². The van der Waals surface area contributed by atoms with Gasteiger partial charge >= 0.3 is 0 Å². The summed E-state index contributed by atoms with van der Waals surface area (Å²) in [6.07, 6.45) is 44.3. The van der Waals surface area contributed by atoms with Crippen LogP contribution in [0.2, 0.25) is 0 Å². The van der Waals surface area contributed by atoms with E-state index in [0.717, 1.165) is 25.7 Å². The Bertz CT molecular complexity index is 643. The molecule has 0 aromatic carbocycles. The number of rotatable bonds is 39. The summed E-state index contributed by atoms with van der Waals surface area (Å²) in [5.74, 6) is -0.984. The van der Waals surface area contributed by atoms with E-state index in [2.05, 4.69) is 0 Å². The molecule has 0 saturated carbocycles. The van der Waals surface area contributed by atoms with Gasteiger partial charge in [0.05, 0.1) is 0 Å². The zero-order valence-corrected chi connectivity index (χ0v) is 30.5. The van der Waals surface area contributed by atoms with Crippen LogP contribution in [0.5, 0.6) is 0 Å². The molecular formula is C40H80N2O4. The molecule has 0 aromatic heterocycles. The van der Waals surface area contributed by atoms with Gasteiger partial charge in [-0.15, -0.1) is 0 Å². The third-order valence-corrected chi connectivity index (χ3v) is 9.87. The summed E-state index contributed by atoms with van der Waals surface area (Å²) in [5.41, 5.74) is 10.5. The first kappa shape index (κ1) is 44.9. The molecule has 6 N–H and O–H groups in total. The molecule has 0 aromatic rings. The van der Waals surface area contributed by atoms with E-state index in [-0.39, 0.29) is 12.3 Å². The first-order valence-electron chi connectivity index (χ1n) is 20.4. The van der Waals surface area contributed by atoms with Crippen molar-refractivity contribution in [3.8, 4) is 0 Å². The average molecular weight is 653 g/mol. The Morgan fingerprint density at radius 3 is 0.783 bits per heavy atom. The van der Waals surface area contributed by atoms with Crippen LogP contribution in [0.3, 0.4) is 0 Å². The van der Waals surface area contributed by atoms with E-state index in [1.54, 1.807) is 0 Å². The van der Waals surface area contributed by atoms with Crippen LogP contribution >= 0.6 is 0 Å². The molecule has 0 heterocycles. The van der Waals surface area contributed by atoms with E-state index in [1.807, 2.05) is 0 Å². The van der Waals surface area contributed by atoms with Crippen LogP contribution in [0.15, 0.2) is 0 Å². The van der Waals surface area contributed by atoms with Crippen molar-refractivity contribution in [3.05, 3.63) is 0 Å². The monoisotopic (exact) mass is 653 g/mol. The number of amides is 2. The number of carbonyl (C=O) groups is 2. The molecule has 1 atom stereocenters. The molecule has 0 aliphatic rings. The Balaban J connectivity index is 3.14. The van der Waals surface area contributed by atoms with Crippen molar-refractivity contribution in [2.45, 2.75) is 237 Å². The van der Waals surface area contributed by atoms with Crippen molar-refractivity contribution >= 4 is 11.8 Å². The van der Waals surface area contributed by atoms with E-state index < -0.39 is 18.1 Å². The number of aliphatic hydroxyl groups is 2. The van der Waals surface area contributed by atoms with Gasteiger partial charge in [0.1, 0.15) is 0 Å². The molecule has 0 aliphatic carbocycles. The lowest BCUT2D eigenvalue weighted by atomic mass is 9.96. The number of hydrogen-bond acceptors (Lipinski definition) is 4. The largest absolute Gasteiger partial charge is 0.370 e. The van der Waals surface area contributed by atoms with Crippen molar-refractivity contribution in [1.82, 2.24) is 0 Å². The lowest BCUT2D eigenvalue weighted by Gasteiger charge is -2.14. The van der Waals surface area contributed by atoms with E-state index >= 15 is 0 Å². The highest BCUT2D eigenvalue weighted by Gasteiger charge is 2.17. The standard InChI is InChI=1S/C40H80N2O4/c41-38(43)35-33-31-29-27-25-23-21-19-17-15-13-11-9-7-5-3-1-2-4-6-8-10-12-14-16-18-20-22-24-26-28-30-32-34-37(40(42)46)36-39(44)45/h37,39,44-45H,1-36H2,(H2,41,43)(H2,42,46). The minimum Gasteiger partial charge on any atom is -0.370 e. The maximum atomic E-state index is 11.3. The van der Waals surface area contributed by atoms with Gasteiger partial charge in [0.2, 0.25) is 11.8 Å². The van der Waals surface area contributed by atoms with E-state index in [9.17, 15) is 9.59 Å². The van der Waals surface area contributed by atoms with Crippen molar-refractivity contribution < 1.29 is 19.8 Å². The molecule has 0 aliphatic heterocycles. The molecule has 2 amide bonds. The molecule has 274 valence electrons. The summed E-state index contributed by atoms with van der Waals surface area (Å²) in [7, 11) is 0. The fourth-order valence-electron chi connectivity index (χ4n) is 6.80.